The number of ketones is 1. The number of carbonyl (C=O) groups excluding carboxylic acids is 2. The quantitative estimate of drug-likeness (QED) is 0.475. The van der Waals surface area contributed by atoms with E-state index in [9.17, 15) is 14.4 Å². The molecule has 0 N–H and O–H groups in total. The summed E-state index contributed by atoms with van der Waals surface area (Å²) < 4.78 is 17.2. The summed E-state index contributed by atoms with van der Waals surface area (Å²) in [7, 11) is 1.60. The molecule has 0 aliphatic rings. The van der Waals surface area contributed by atoms with Crippen molar-refractivity contribution in [1.82, 2.24) is 0 Å². The number of benzene rings is 1. The molecule has 32 heavy (non-hydrogen) atoms. The van der Waals surface area contributed by atoms with E-state index in [4.69, 9.17) is 13.9 Å². The minimum atomic E-state index is -0.630. The summed E-state index contributed by atoms with van der Waals surface area (Å²) in [5, 5.41) is 0. The predicted octanol–water partition coefficient (Wildman–Crippen LogP) is 4.56. The smallest absolute Gasteiger partial charge is 0.191 e. The lowest BCUT2D eigenvalue weighted by atomic mass is 9.84. The molecular formula is C26H34O6. The maximum absolute atomic E-state index is 13.4. The molecule has 0 saturated carbocycles. The lowest BCUT2D eigenvalue weighted by molar-refractivity contribution is -0.133. The number of methoxy groups -OCH3 is 1. The minimum absolute atomic E-state index is 0.0935. The molecule has 0 aliphatic heterocycles. The largest absolute Gasteiger partial charge is 0.497 e. The Morgan fingerprint density at radius 2 is 1.72 bits per heavy atom. The first-order valence-electron chi connectivity index (χ1n) is 11.0. The van der Waals surface area contributed by atoms with Crippen LogP contribution < -0.4 is 10.2 Å². The van der Waals surface area contributed by atoms with Crippen molar-refractivity contribution in [3.05, 3.63) is 62.7 Å². The molecule has 1 aromatic carbocycles. The van der Waals surface area contributed by atoms with Crippen LogP contribution in [0.5, 0.6) is 5.75 Å². The SMILES string of the molecule is CCc1oc([C@H](C)C(=O)[C@@H](C)[C@@H](OCc2ccc(OC)cc2)[C@@H](C)C=O)c(C)c(=O)c1C. The van der Waals surface area contributed by atoms with E-state index in [1.807, 2.05) is 31.2 Å². The third-order valence-electron chi connectivity index (χ3n) is 6.12. The molecule has 4 atom stereocenters. The normalized spacial score (nSPS) is 15.0. The van der Waals surface area contributed by atoms with Gasteiger partial charge in [-0.25, -0.2) is 0 Å². The number of hydrogen-bond acceptors (Lipinski definition) is 6. The summed E-state index contributed by atoms with van der Waals surface area (Å²) >= 11 is 0. The molecule has 2 rings (SSSR count). The maximum atomic E-state index is 13.4. The Morgan fingerprint density at radius 3 is 2.25 bits per heavy atom. The topological polar surface area (TPSA) is 82.8 Å². The van der Waals surface area contributed by atoms with Gasteiger partial charge in [-0.15, -0.1) is 0 Å². The lowest BCUT2D eigenvalue weighted by Crippen LogP contribution is -2.37. The van der Waals surface area contributed by atoms with E-state index in [0.29, 0.717) is 29.1 Å². The molecule has 0 amide bonds. The molecule has 0 aliphatic carbocycles. The highest BCUT2D eigenvalue weighted by atomic mass is 16.5. The Bertz CT molecular complexity index is 989. The highest BCUT2D eigenvalue weighted by Crippen LogP contribution is 2.28. The van der Waals surface area contributed by atoms with Gasteiger partial charge in [0.15, 0.2) is 5.43 Å². The van der Waals surface area contributed by atoms with Crippen molar-refractivity contribution in [2.24, 2.45) is 11.8 Å². The number of Topliss-reactive ketones (excluding diaryl/α,β-unsaturated/α-hetero) is 1. The first-order chi connectivity index (χ1) is 15.2. The van der Waals surface area contributed by atoms with Crippen LogP contribution >= 0.6 is 0 Å². The molecule has 0 spiro atoms. The number of carbonyl (C=O) groups is 2. The van der Waals surface area contributed by atoms with Crippen molar-refractivity contribution in [2.45, 2.75) is 66.6 Å². The van der Waals surface area contributed by atoms with Gasteiger partial charge in [0.05, 0.1) is 25.7 Å². The molecule has 0 fully saturated rings. The van der Waals surface area contributed by atoms with Crippen LogP contribution in [0, 0.1) is 25.7 Å². The van der Waals surface area contributed by atoms with Crippen molar-refractivity contribution in [3.63, 3.8) is 0 Å². The van der Waals surface area contributed by atoms with Gasteiger partial charge in [-0.2, -0.15) is 0 Å². The van der Waals surface area contributed by atoms with Crippen LogP contribution in [0.3, 0.4) is 0 Å². The van der Waals surface area contributed by atoms with Gasteiger partial charge >= 0.3 is 0 Å². The molecule has 0 unspecified atom stereocenters. The summed E-state index contributed by atoms with van der Waals surface area (Å²) in [5.41, 5.74) is 1.85. The predicted molar refractivity (Wildman–Crippen MR) is 123 cm³/mol. The van der Waals surface area contributed by atoms with Gasteiger partial charge in [0, 0.05) is 29.4 Å². The summed E-state index contributed by atoms with van der Waals surface area (Å²) in [5.74, 6) is -0.0786. The Balaban J connectivity index is 2.26. The van der Waals surface area contributed by atoms with Gasteiger partial charge in [0.1, 0.15) is 29.3 Å². The van der Waals surface area contributed by atoms with Gasteiger partial charge in [-0.3, -0.25) is 9.59 Å². The molecule has 1 heterocycles. The number of ether oxygens (including phenoxy) is 2. The van der Waals surface area contributed by atoms with Crippen molar-refractivity contribution in [2.75, 3.05) is 7.11 Å². The van der Waals surface area contributed by atoms with Gasteiger partial charge in [0.25, 0.3) is 0 Å². The van der Waals surface area contributed by atoms with Crippen molar-refractivity contribution in [3.8, 4) is 5.75 Å². The Labute approximate surface area is 189 Å². The van der Waals surface area contributed by atoms with Crippen LogP contribution in [0.1, 0.15) is 61.8 Å². The average Bonchev–Trinajstić information content (AvgIpc) is 2.81. The molecule has 0 saturated heterocycles. The second-order valence-corrected chi connectivity index (χ2v) is 8.35. The summed E-state index contributed by atoms with van der Waals surface area (Å²) in [6, 6.07) is 7.43. The van der Waals surface area contributed by atoms with E-state index in [1.165, 1.54) is 0 Å². The zero-order valence-electron chi connectivity index (χ0n) is 20.1. The Hall–Kier alpha value is -2.73. The van der Waals surface area contributed by atoms with Crippen LogP contribution in [0.2, 0.25) is 0 Å². The molecule has 2 aromatic rings. The van der Waals surface area contributed by atoms with E-state index in [0.717, 1.165) is 17.6 Å². The third-order valence-corrected chi connectivity index (χ3v) is 6.12. The molecule has 174 valence electrons. The summed E-state index contributed by atoms with van der Waals surface area (Å²) in [6.07, 6.45) is 0.771. The highest BCUT2D eigenvalue weighted by molar-refractivity contribution is 5.87. The molecule has 6 nitrogen and oxygen atoms in total. The zero-order valence-corrected chi connectivity index (χ0v) is 20.1. The van der Waals surface area contributed by atoms with Crippen molar-refractivity contribution >= 4 is 12.1 Å². The second-order valence-electron chi connectivity index (χ2n) is 8.35. The first-order valence-corrected chi connectivity index (χ1v) is 11.0. The van der Waals surface area contributed by atoms with Gasteiger partial charge in [-0.05, 0) is 38.5 Å². The van der Waals surface area contributed by atoms with E-state index >= 15 is 0 Å². The Kier molecular flexibility index (Phi) is 8.96. The fourth-order valence-corrected chi connectivity index (χ4v) is 3.98. The maximum Gasteiger partial charge on any atom is 0.191 e. The van der Waals surface area contributed by atoms with Crippen LogP contribution in [0.15, 0.2) is 33.5 Å². The van der Waals surface area contributed by atoms with Gasteiger partial charge in [-0.1, -0.05) is 32.9 Å². The number of rotatable bonds is 11. The molecule has 1 aromatic heterocycles. The second kappa shape index (κ2) is 11.2. The highest BCUT2D eigenvalue weighted by Gasteiger charge is 2.34. The van der Waals surface area contributed by atoms with Crippen LogP contribution in [-0.2, 0) is 27.4 Å². The molecule has 6 heteroatoms. The third kappa shape index (κ3) is 5.54. The van der Waals surface area contributed by atoms with Crippen LogP contribution in [-0.4, -0.2) is 25.3 Å². The Morgan fingerprint density at radius 1 is 1.09 bits per heavy atom. The fourth-order valence-electron chi connectivity index (χ4n) is 3.98. The summed E-state index contributed by atoms with van der Waals surface area (Å²) in [6.45, 7) is 10.8. The van der Waals surface area contributed by atoms with E-state index < -0.39 is 23.9 Å². The fraction of sp³-hybridized carbons (Fsp3) is 0.500. The van der Waals surface area contributed by atoms with E-state index in [-0.39, 0.29) is 17.8 Å². The van der Waals surface area contributed by atoms with Crippen molar-refractivity contribution < 1.29 is 23.5 Å². The standard InChI is InChI=1S/C26H34O6/c1-8-22-16(3)23(28)18(5)26(32-22)19(6)24(29)17(4)25(15(2)13-27)31-14-20-9-11-21(30-7)12-10-20/h9-13,15,17,19,25H,8,14H2,1-7H3/t15-,17+,19+,25-/m0/s1. The molecule has 0 bridgehead atoms. The van der Waals surface area contributed by atoms with Crippen molar-refractivity contribution in [1.29, 1.82) is 0 Å². The lowest BCUT2D eigenvalue weighted by Gasteiger charge is -2.28. The van der Waals surface area contributed by atoms with E-state index in [2.05, 4.69) is 0 Å². The number of aryl methyl sites for hydroxylation is 1. The zero-order chi connectivity index (χ0) is 24.0. The first kappa shape index (κ1) is 25.5. The average molecular weight is 443 g/mol. The number of hydrogen-bond donors (Lipinski definition) is 0. The van der Waals surface area contributed by atoms with E-state index in [1.54, 1.807) is 41.7 Å². The van der Waals surface area contributed by atoms with Gasteiger partial charge < -0.3 is 18.7 Å². The van der Waals surface area contributed by atoms with Gasteiger partial charge in [0.2, 0.25) is 0 Å². The number of aldehydes is 1. The monoisotopic (exact) mass is 442 g/mol. The van der Waals surface area contributed by atoms with Crippen LogP contribution in [0.25, 0.3) is 0 Å². The molecule has 0 radical (unpaired) electrons. The molecular weight excluding hydrogens is 408 g/mol. The van der Waals surface area contributed by atoms with Crippen LogP contribution in [0.4, 0.5) is 0 Å². The minimum Gasteiger partial charge on any atom is -0.497 e. The summed E-state index contributed by atoms with van der Waals surface area (Å²) in [4.78, 5) is 37.5.